The molecule has 3 rings (SSSR count). The molecule has 130 valence electrons. The largest absolute Gasteiger partial charge is 0.478 e. The minimum absolute atomic E-state index is 0.115. The summed E-state index contributed by atoms with van der Waals surface area (Å²) in [5, 5.41) is 9.12. The number of nitrogens with zero attached hydrogens (tertiary/aromatic N) is 1. The Morgan fingerprint density at radius 2 is 2.00 bits per heavy atom. The van der Waals surface area contributed by atoms with Crippen LogP contribution in [0.5, 0.6) is 0 Å². The fraction of sp³-hybridized carbons (Fsp3) is 0.300. The van der Waals surface area contributed by atoms with Crippen LogP contribution >= 0.6 is 11.8 Å². The van der Waals surface area contributed by atoms with E-state index in [1.54, 1.807) is 23.9 Å². The van der Waals surface area contributed by atoms with Crippen molar-refractivity contribution in [2.45, 2.75) is 25.6 Å². The van der Waals surface area contributed by atoms with E-state index < -0.39 is 5.97 Å². The van der Waals surface area contributed by atoms with Gasteiger partial charge in [-0.05, 0) is 42.2 Å². The Balaban J connectivity index is 1.56. The number of rotatable bonds is 5. The first-order chi connectivity index (χ1) is 12.0. The molecule has 2 aromatic rings. The van der Waals surface area contributed by atoms with Crippen LogP contribution < -0.4 is 0 Å². The summed E-state index contributed by atoms with van der Waals surface area (Å²) in [5.74, 6) is 0.451. The highest BCUT2D eigenvalue weighted by atomic mass is 32.2. The SMILES string of the molecule is Cc1cccc(CSCC(=O)N2CCc3ccc(C(=O)O)cc3C2)c1. The number of aromatic carboxylic acids is 1. The number of carbonyl (C=O) groups is 2. The standard InChI is InChI=1S/C20H21NO3S/c1-14-3-2-4-15(9-14)12-25-13-19(22)21-8-7-16-5-6-17(20(23)24)10-18(16)11-21/h2-6,9-10H,7-8,11-13H2,1H3,(H,23,24). The van der Waals surface area contributed by atoms with E-state index in [1.807, 2.05) is 17.0 Å². The summed E-state index contributed by atoms with van der Waals surface area (Å²) in [6, 6.07) is 13.5. The van der Waals surface area contributed by atoms with Crippen LogP contribution in [0.4, 0.5) is 0 Å². The van der Waals surface area contributed by atoms with Crippen molar-refractivity contribution in [2.24, 2.45) is 0 Å². The number of aryl methyl sites for hydroxylation is 1. The second-order valence-electron chi connectivity index (χ2n) is 6.34. The van der Waals surface area contributed by atoms with Crippen molar-refractivity contribution in [3.05, 3.63) is 70.3 Å². The Hall–Kier alpha value is -2.27. The van der Waals surface area contributed by atoms with E-state index in [4.69, 9.17) is 5.11 Å². The van der Waals surface area contributed by atoms with Crippen molar-refractivity contribution < 1.29 is 14.7 Å². The Morgan fingerprint density at radius 1 is 1.16 bits per heavy atom. The Kier molecular flexibility index (Phi) is 5.43. The van der Waals surface area contributed by atoms with E-state index >= 15 is 0 Å². The zero-order valence-corrected chi connectivity index (χ0v) is 15.0. The normalized spacial score (nSPS) is 13.4. The van der Waals surface area contributed by atoms with Crippen molar-refractivity contribution >= 4 is 23.6 Å². The van der Waals surface area contributed by atoms with Gasteiger partial charge in [-0.2, -0.15) is 0 Å². The molecule has 0 radical (unpaired) electrons. The first-order valence-corrected chi connectivity index (χ1v) is 9.44. The molecule has 1 heterocycles. The van der Waals surface area contributed by atoms with Crippen LogP contribution in [0.2, 0.25) is 0 Å². The van der Waals surface area contributed by atoms with Crippen molar-refractivity contribution in [1.29, 1.82) is 0 Å². The summed E-state index contributed by atoms with van der Waals surface area (Å²) in [6.45, 7) is 3.26. The summed E-state index contributed by atoms with van der Waals surface area (Å²) in [4.78, 5) is 25.4. The first-order valence-electron chi connectivity index (χ1n) is 8.29. The van der Waals surface area contributed by atoms with Gasteiger partial charge in [0.25, 0.3) is 0 Å². The van der Waals surface area contributed by atoms with E-state index in [0.717, 1.165) is 23.3 Å². The Labute approximate surface area is 151 Å². The molecule has 0 aromatic heterocycles. The van der Waals surface area contributed by atoms with Gasteiger partial charge in [0.05, 0.1) is 11.3 Å². The summed E-state index contributed by atoms with van der Waals surface area (Å²) in [5.41, 5.74) is 4.82. The van der Waals surface area contributed by atoms with Gasteiger partial charge in [0, 0.05) is 18.8 Å². The average molecular weight is 355 g/mol. The maximum Gasteiger partial charge on any atom is 0.335 e. The predicted molar refractivity (Wildman–Crippen MR) is 99.9 cm³/mol. The molecule has 0 aliphatic carbocycles. The summed E-state index contributed by atoms with van der Waals surface area (Å²) in [7, 11) is 0. The molecule has 25 heavy (non-hydrogen) atoms. The van der Waals surface area contributed by atoms with Crippen LogP contribution in [-0.4, -0.2) is 34.2 Å². The third-order valence-electron chi connectivity index (χ3n) is 4.39. The lowest BCUT2D eigenvalue weighted by atomic mass is 9.97. The molecule has 2 aromatic carbocycles. The smallest absolute Gasteiger partial charge is 0.335 e. The lowest BCUT2D eigenvalue weighted by Crippen LogP contribution is -2.37. The van der Waals surface area contributed by atoms with Crippen LogP contribution in [0.3, 0.4) is 0 Å². The maximum atomic E-state index is 12.5. The molecular formula is C20H21NO3S. The highest BCUT2D eigenvalue weighted by Gasteiger charge is 2.21. The molecule has 4 nitrogen and oxygen atoms in total. The minimum Gasteiger partial charge on any atom is -0.478 e. The van der Waals surface area contributed by atoms with Gasteiger partial charge in [0.2, 0.25) is 5.91 Å². The van der Waals surface area contributed by atoms with Gasteiger partial charge < -0.3 is 10.0 Å². The molecule has 0 saturated carbocycles. The quantitative estimate of drug-likeness (QED) is 0.892. The van der Waals surface area contributed by atoms with E-state index in [1.165, 1.54) is 11.1 Å². The number of hydrogen-bond donors (Lipinski definition) is 1. The number of benzene rings is 2. The van der Waals surface area contributed by atoms with Gasteiger partial charge in [-0.1, -0.05) is 35.9 Å². The summed E-state index contributed by atoms with van der Waals surface area (Å²) in [6.07, 6.45) is 0.781. The lowest BCUT2D eigenvalue weighted by molar-refractivity contribution is -0.129. The van der Waals surface area contributed by atoms with Gasteiger partial charge in [-0.3, -0.25) is 4.79 Å². The van der Waals surface area contributed by atoms with Crippen LogP contribution in [0, 0.1) is 6.92 Å². The number of carboxylic acid groups (broad SMARTS) is 1. The number of thioether (sulfide) groups is 1. The molecule has 0 bridgehead atoms. The number of fused-ring (bicyclic) bond motifs is 1. The van der Waals surface area contributed by atoms with E-state index in [9.17, 15) is 9.59 Å². The number of carboxylic acids is 1. The van der Waals surface area contributed by atoms with Gasteiger partial charge in [-0.25, -0.2) is 4.79 Å². The summed E-state index contributed by atoms with van der Waals surface area (Å²) < 4.78 is 0. The van der Waals surface area contributed by atoms with Crippen molar-refractivity contribution in [2.75, 3.05) is 12.3 Å². The van der Waals surface area contributed by atoms with Gasteiger partial charge >= 0.3 is 5.97 Å². The molecule has 1 aliphatic heterocycles. The molecule has 1 amide bonds. The topological polar surface area (TPSA) is 57.6 Å². The summed E-state index contributed by atoms with van der Waals surface area (Å²) >= 11 is 1.62. The maximum absolute atomic E-state index is 12.5. The van der Waals surface area contributed by atoms with Crippen LogP contribution in [-0.2, 0) is 23.5 Å². The molecule has 0 spiro atoms. The zero-order valence-electron chi connectivity index (χ0n) is 14.2. The third-order valence-corrected chi connectivity index (χ3v) is 5.38. The van der Waals surface area contributed by atoms with Gasteiger partial charge in [-0.15, -0.1) is 11.8 Å². The Bertz CT molecular complexity index is 803. The molecule has 0 unspecified atom stereocenters. The number of carbonyl (C=O) groups excluding carboxylic acids is 1. The number of amides is 1. The second-order valence-corrected chi connectivity index (χ2v) is 7.32. The van der Waals surface area contributed by atoms with Gasteiger partial charge in [0.1, 0.15) is 0 Å². The molecule has 0 fully saturated rings. The average Bonchev–Trinajstić information content (AvgIpc) is 2.60. The highest BCUT2D eigenvalue weighted by Crippen LogP contribution is 2.22. The van der Waals surface area contributed by atoms with Gasteiger partial charge in [0.15, 0.2) is 0 Å². The first kappa shape index (κ1) is 17.5. The van der Waals surface area contributed by atoms with E-state index in [2.05, 4.69) is 25.1 Å². The molecule has 5 heteroatoms. The molecule has 1 aliphatic rings. The Morgan fingerprint density at radius 3 is 2.76 bits per heavy atom. The molecule has 0 atom stereocenters. The van der Waals surface area contributed by atoms with Crippen molar-refractivity contribution in [3.8, 4) is 0 Å². The minimum atomic E-state index is -0.931. The fourth-order valence-corrected chi connectivity index (χ4v) is 3.93. The monoisotopic (exact) mass is 355 g/mol. The highest BCUT2D eigenvalue weighted by molar-refractivity contribution is 7.99. The third kappa shape index (κ3) is 4.42. The number of hydrogen-bond acceptors (Lipinski definition) is 3. The van der Waals surface area contributed by atoms with E-state index in [0.29, 0.717) is 18.8 Å². The van der Waals surface area contributed by atoms with Crippen LogP contribution in [0.25, 0.3) is 0 Å². The predicted octanol–water partition coefficient (Wildman–Crippen LogP) is 3.51. The molecular weight excluding hydrogens is 334 g/mol. The van der Waals surface area contributed by atoms with Crippen LogP contribution in [0.1, 0.15) is 32.6 Å². The second kappa shape index (κ2) is 7.74. The van der Waals surface area contributed by atoms with Crippen LogP contribution in [0.15, 0.2) is 42.5 Å². The zero-order chi connectivity index (χ0) is 17.8. The van der Waals surface area contributed by atoms with Crippen molar-refractivity contribution in [1.82, 2.24) is 4.90 Å². The fourth-order valence-electron chi connectivity index (χ4n) is 3.05. The van der Waals surface area contributed by atoms with Crippen molar-refractivity contribution in [3.63, 3.8) is 0 Å². The molecule has 1 N–H and O–H groups in total. The van der Waals surface area contributed by atoms with E-state index in [-0.39, 0.29) is 11.5 Å². The molecule has 0 saturated heterocycles. The lowest BCUT2D eigenvalue weighted by Gasteiger charge is -2.29.